The van der Waals surface area contributed by atoms with E-state index in [0.717, 1.165) is 16.7 Å². The van der Waals surface area contributed by atoms with Gasteiger partial charge in [0.15, 0.2) is 11.5 Å². The van der Waals surface area contributed by atoms with Gasteiger partial charge < -0.3 is 14.2 Å². The van der Waals surface area contributed by atoms with Gasteiger partial charge in [0, 0.05) is 17.7 Å². The molecule has 5 aromatic carbocycles. The number of hydrazone groups is 1. The Morgan fingerprint density at radius 2 is 1.14 bits per heavy atom. The van der Waals surface area contributed by atoms with Gasteiger partial charge in [0.1, 0.15) is 19.8 Å². The van der Waals surface area contributed by atoms with Crippen LogP contribution >= 0.6 is 0 Å². The molecule has 5 rings (SSSR count). The Hall–Kier alpha value is -5.96. The number of nitro benzene ring substituents is 1. The summed E-state index contributed by atoms with van der Waals surface area (Å²) in [5.41, 5.74) is 6.13. The molecule has 44 heavy (non-hydrogen) atoms. The van der Waals surface area contributed by atoms with Crippen LogP contribution in [-0.4, -0.2) is 17.0 Å². The highest BCUT2D eigenvalue weighted by molar-refractivity contribution is 5.96. The van der Waals surface area contributed by atoms with Gasteiger partial charge in [-0.25, -0.2) is 5.43 Å². The molecule has 0 aliphatic rings. The molecule has 0 atom stereocenters. The van der Waals surface area contributed by atoms with E-state index in [0.29, 0.717) is 22.8 Å². The van der Waals surface area contributed by atoms with Crippen LogP contribution in [0, 0.1) is 10.1 Å². The van der Waals surface area contributed by atoms with Crippen LogP contribution < -0.4 is 19.6 Å². The molecular formula is C35H29N3O6. The molecule has 0 heterocycles. The summed E-state index contributed by atoms with van der Waals surface area (Å²) in [6, 6.07) is 38.0. The maximum Gasteiger partial charge on any atom is 0.271 e. The Labute approximate surface area is 254 Å². The largest absolute Gasteiger partial charge is 0.485 e. The van der Waals surface area contributed by atoms with Gasteiger partial charge in [-0.05, 0) is 46.5 Å². The standard InChI is InChI=1S/C35H29N3O6/c39-35(37-36-22-26-16-18-31(19-17-26)38(40)41)30-20-32(42-23-27-10-4-1-5-11-27)34(44-25-29-14-8-3-9-15-29)33(21-30)43-24-28-12-6-2-7-13-28/h1-22H,23-25H2,(H,37,39)/b36-22-. The molecule has 0 aromatic heterocycles. The van der Waals surface area contributed by atoms with Crippen LogP contribution in [-0.2, 0) is 19.8 Å². The number of nitro groups is 1. The first kappa shape index (κ1) is 29.5. The fourth-order valence-corrected chi connectivity index (χ4v) is 4.18. The molecular weight excluding hydrogens is 558 g/mol. The molecule has 0 spiro atoms. The van der Waals surface area contributed by atoms with Gasteiger partial charge in [-0.3, -0.25) is 14.9 Å². The number of benzene rings is 5. The summed E-state index contributed by atoms with van der Waals surface area (Å²) in [5.74, 6) is 0.526. The molecule has 1 N–H and O–H groups in total. The number of carbonyl (C=O) groups excluding carboxylic acids is 1. The first-order valence-electron chi connectivity index (χ1n) is 13.8. The highest BCUT2D eigenvalue weighted by Crippen LogP contribution is 2.40. The van der Waals surface area contributed by atoms with Gasteiger partial charge in [0.2, 0.25) is 5.75 Å². The molecule has 1 amide bonds. The summed E-state index contributed by atoms with van der Waals surface area (Å²) < 4.78 is 18.7. The van der Waals surface area contributed by atoms with Gasteiger partial charge in [-0.1, -0.05) is 91.0 Å². The summed E-state index contributed by atoms with van der Waals surface area (Å²) in [6.45, 7) is 0.739. The topological polar surface area (TPSA) is 112 Å². The second-order valence-electron chi connectivity index (χ2n) is 9.67. The van der Waals surface area contributed by atoms with Gasteiger partial charge in [-0.15, -0.1) is 0 Å². The summed E-state index contributed by atoms with van der Waals surface area (Å²) in [7, 11) is 0. The SMILES string of the molecule is O=C(N/N=C\c1ccc([N+](=O)[O-])cc1)c1cc(OCc2ccccc2)c(OCc2ccccc2)c(OCc2ccccc2)c1. The zero-order valence-electron chi connectivity index (χ0n) is 23.7. The van der Waals surface area contributed by atoms with E-state index >= 15 is 0 Å². The van der Waals surface area contributed by atoms with E-state index in [4.69, 9.17) is 14.2 Å². The predicted molar refractivity (Wildman–Crippen MR) is 167 cm³/mol. The summed E-state index contributed by atoms with van der Waals surface area (Å²) in [5, 5.41) is 14.9. The van der Waals surface area contributed by atoms with Gasteiger partial charge in [-0.2, -0.15) is 5.10 Å². The van der Waals surface area contributed by atoms with Crippen molar-refractivity contribution in [3.8, 4) is 17.2 Å². The fraction of sp³-hybridized carbons (Fsp3) is 0.0857. The number of hydrogen-bond donors (Lipinski definition) is 1. The molecule has 9 nitrogen and oxygen atoms in total. The monoisotopic (exact) mass is 587 g/mol. The molecule has 0 aliphatic heterocycles. The Morgan fingerprint density at radius 3 is 1.59 bits per heavy atom. The number of nitrogens with zero attached hydrogens (tertiary/aromatic N) is 2. The third-order valence-corrected chi connectivity index (χ3v) is 6.47. The number of hydrogen-bond acceptors (Lipinski definition) is 7. The van der Waals surface area contributed by atoms with Crippen molar-refractivity contribution in [1.82, 2.24) is 5.43 Å². The maximum absolute atomic E-state index is 13.3. The van der Waals surface area contributed by atoms with E-state index in [2.05, 4.69) is 10.5 Å². The Balaban J connectivity index is 1.43. The molecule has 220 valence electrons. The van der Waals surface area contributed by atoms with Crippen molar-refractivity contribution in [2.75, 3.05) is 0 Å². The van der Waals surface area contributed by atoms with Crippen molar-refractivity contribution in [3.63, 3.8) is 0 Å². The highest BCUT2D eigenvalue weighted by Gasteiger charge is 2.20. The van der Waals surface area contributed by atoms with Crippen molar-refractivity contribution in [2.45, 2.75) is 19.8 Å². The lowest BCUT2D eigenvalue weighted by Crippen LogP contribution is -2.18. The van der Waals surface area contributed by atoms with Crippen LogP contribution in [0.2, 0.25) is 0 Å². The van der Waals surface area contributed by atoms with Gasteiger partial charge in [0.05, 0.1) is 11.1 Å². The van der Waals surface area contributed by atoms with Crippen LogP contribution in [0.5, 0.6) is 17.2 Å². The minimum atomic E-state index is -0.508. The number of amides is 1. The summed E-state index contributed by atoms with van der Waals surface area (Å²) >= 11 is 0. The minimum absolute atomic E-state index is 0.0353. The lowest BCUT2D eigenvalue weighted by atomic mass is 10.1. The average Bonchev–Trinajstić information content (AvgIpc) is 3.07. The number of nitrogens with one attached hydrogen (secondary N) is 1. The fourth-order valence-electron chi connectivity index (χ4n) is 4.18. The molecule has 0 radical (unpaired) electrons. The van der Waals surface area contributed by atoms with E-state index in [1.165, 1.54) is 30.5 Å². The minimum Gasteiger partial charge on any atom is -0.485 e. The van der Waals surface area contributed by atoms with Crippen LogP contribution in [0.4, 0.5) is 5.69 Å². The Kier molecular flexibility index (Phi) is 9.92. The van der Waals surface area contributed by atoms with E-state index in [1.54, 1.807) is 12.1 Å². The molecule has 0 aliphatic carbocycles. The zero-order valence-corrected chi connectivity index (χ0v) is 23.7. The van der Waals surface area contributed by atoms with E-state index in [1.807, 2.05) is 91.0 Å². The van der Waals surface area contributed by atoms with Crippen LogP contribution in [0.3, 0.4) is 0 Å². The van der Waals surface area contributed by atoms with E-state index in [9.17, 15) is 14.9 Å². The van der Waals surface area contributed by atoms with Crippen LogP contribution in [0.15, 0.2) is 132 Å². The lowest BCUT2D eigenvalue weighted by molar-refractivity contribution is -0.384. The van der Waals surface area contributed by atoms with Gasteiger partial charge >= 0.3 is 0 Å². The van der Waals surface area contributed by atoms with Gasteiger partial charge in [0.25, 0.3) is 11.6 Å². The molecule has 0 saturated carbocycles. The maximum atomic E-state index is 13.3. The smallest absolute Gasteiger partial charge is 0.271 e. The third-order valence-electron chi connectivity index (χ3n) is 6.47. The zero-order chi connectivity index (χ0) is 30.6. The summed E-state index contributed by atoms with van der Waals surface area (Å²) in [6.07, 6.45) is 1.40. The molecule has 0 fully saturated rings. The van der Waals surface area contributed by atoms with Crippen LogP contribution in [0.25, 0.3) is 0 Å². The van der Waals surface area contributed by atoms with Crippen molar-refractivity contribution in [3.05, 3.63) is 165 Å². The van der Waals surface area contributed by atoms with E-state index in [-0.39, 0.29) is 31.1 Å². The first-order chi connectivity index (χ1) is 21.5. The normalized spacial score (nSPS) is 10.7. The number of ether oxygens (including phenoxy) is 3. The molecule has 0 saturated heterocycles. The molecule has 9 heteroatoms. The van der Waals surface area contributed by atoms with Crippen molar-refractivity contribution >= 4 is 17.8 Å². The summed E-state index contributed by atoms with van der Waals surface area (Å²) in [4.78, 5) is 23.7. The highest BCUT2D eigenvalue weighted by atomic mass is 16.6. The van der Waals surface area contributed by atoms with Crippen LogP contribution in [0.1, 0.15) is 32.6 Å². The Bertz CT molecular complexity index is 1650. The van der Waals surface area contributed by atoms with Crippen molar-refractivity contribution in [2.24, 2.45) is 5.10 Å². The van der Waals surface area contributed by atoms with E-state index < -0.39 is 10.8 Å². The number of rotatable bonds is 13. The molecule has 0 bridgehead atoms. The average molecular weight is 588 g/mol. The third kappa shape index (κ3) is 8.29. The quantitative estimate of drug-likeness (QED) is 0.0894. The van der Waals surface area contributed by atoms with Crippen molar-refractivity contribution in [1.29, 1.82) is 0 Å². The molecule has 0 unspecified atom stereocenters. The number of carbonyl (C=O) groups is 1. The van der Waals surface area contributed by atoms with Crippen molar-refractivity contribution < 1.29 is 23.9 Å². The second kappa shape index (κ2) is 14.8. The first-order valence-corrected chi connectivity index (χ1v) is 13.8. The predicted octanol–water partition coefficient (Wildman–Crippen LogP) is 7.10. The lowest BCUT2D eigenvalue weighted by Gasteiger charge is -2.19. The second-order valence-corrected chi connectivity index (χ2v) is 9.67. The number of non-ortho nitro benzene ring substituents is 1. The Morgan fingerprint density at radius 1 is 0.682 bits per heavy atom. The molecule has 5 aromatic rings.